The maximum Gasteiger partial charge on any atom is 0.0727 e. The lowest BCUT2D eigenvalue weighted by Crippen LogP contribution is -2.15. The van der Waals surface area contributed by atoms with E-state index in [0.717, 1.165) is 43.0 Å². The second-order valence-electron chi connectivity index (χ2n) is 4.98. The molecule has 2 aromatic heterocycles. The summed E-state index contributed by atoms with van der Waals surface area (Å²) in [4.78, 5) is 4.42. The van der Waals surface area contributed by atoms with E-state index < -0.39 is 0 Å². The minimum Gasteiger partial charge on any atom is -0.313 e. The van der Waals surface area contributed by atoms with E-state index in [9.17, 15) is 0 Å². The molecule has 0 aliphatic heterocycles. The van der Waals surface area contributed by atoms with E-state index in [4.69, 9.17) is 5.10 Å². The van der Waals surface area contributed by atoms with Crippen LogP contribution in [0.15, 0.2) is 18.3 Å². The van der Waals surface area contributed by atoms with Gasteiger partial charge in [-0.05, 0) is 38.4 Å². The van der Waals surface area contributed by atoms with Crippen LogP contribution in [0.25, 0.3) is 5.69 Å². The highest BCUT2D eigenvalue weighted by Gasteiger charge is 2.12. The highest BCUT2D eigenvalue weighted by molar-refractivity contribution is 5.42. The number of aromatic nitrogens is 3. The molecule has 0 radical (unpaired) electrons. The average Bonchev–Trinajstić information content (AvgIpc) is 2.89. The van der Waals surface area contributed by atoms with Gasteiger partial charge in [0, 0.05) is 29.7 Å². The van der Waals surface area contributed by atoms with Gasteiger partial charge in [0.15, 0.2) is 0 Å². The van der Waals surface area contributed by atoms with Crippen LogP contribution in [0, 0.1) is 6.92 Å². The molecule has 0 spiro atoms. The van der Waals surface area contributed by atoms with Gasteiger partial charge in [-0.2, -0.15) is 5.10 Å². The summed E-state index contributed by atoms with van der Waals surface area (Å²) in [6, 6.07) is 4.32. The summed E-state index contributed by atoms with van der Waals surface area (Å²) >= 11 is 0. The predicted octanol–water partition coefficient (Wildman–Crippen LogP) is 2.81. The fourth-order valence-corrected chi connectivity index (χ4v) is 2.27. The molecule has 2 heterocycles. The van der Waals surface area contributed by atoms with Crippen molar-refractivity contribution in [1.29, 1.82) is 0 Å². The topological polar surface area (TPSA) is 42.7 Å². The van der Waals surface area contributed by atoms with Crippen molar-refractivity contribution >= 4 is 0 Å². The van der Waals surface area contributed by atoms with Crippen LogP contribution in [0.2, 0.25) is 0 Å². The smallest absolute Gasteiger partial charge is 0.0727 e. The van der Waals surface area contributed by atoms with E-state index in [2.05, 4.69) is 47.9 Å². The molecule has 0 bridgehead atoms. The number of hydrogen-bond donors (Lipinski definition) is 1. The number of nitrogens with one attached hydrogen (secondary N) is 1. The lowest BCUT2D eigenvalue weighted by Gasteiger charge is -2.13. The normalized spacial score (nSPS) is 11.0. The predicted molar refractivity (Wildman–Crippen MR) is 82.2 cm³/mol. The fourth-order valence-electron chi connectivity index (χ4n) is 2.27. The Hall–Kier alpha value is -1.68. The van der Waals surface area contributed by atoms with Crippen LogP contribution < -0.4 is 5.32 Å². The maximum atomic E-state index is 4.74. The van der Waals surface area contributed by atoms with Gasteiger partial charge in [-0.25, -0.2) is 4.68 Å². The van der Waals surface area contributed by atoms with Crippen LogP contribution in [0.5, 0.6) is 0 Å². The Balaban J connectivity index is 2.49. The molecular formula is C16H24N4. The molecule has 0 amide bonds. The summed E-state index contributed by atoms with van der Waals surface area (Å²) in [6.45, 7) is 10.2. The lowest BCUT2D eigenvalue weighted by atomic mass is 10.2. The van der Waals surface area contributed by atoms with Gasteiger partial charge in [-0.1, -0.05) is 20.8 Å². The highest BCUT2D eigenvalue weighted by atomic mass is 15.3. The van der Waals surface area contributed by atoms with E-state index >= 15 is 0 Å². The first-order valence-corrected chi connectivity index (χ1v) is 7.44. The Bertz CT molecular complexity index is 572. The molecule has 0 saturated heterocycles. The Morgan fingerprint density at radius 3 is 2.60 bits per heavy atom. The molecule has 2 rings (SSSR count). The third-order valence-corrected chi connectivity index (χ3v) is 3.45. The zero-order valence-corrected chi connectivity index (χ0v) is 12.9. The van der Waals surface area contributed by atoms with Gasteiger partial charge in [-0.3, -0.25) is 4.98 Å². The second-order valence-corrected chi connectivity index (χ2v) is 4.98. The zero-order chi connectivity index (χ0) is 14.5. The standard InChI is InChI=1S/C16H24N4/c1-5-14-9-15(6-2)20(19-14)16-8-12(4)18-11-13(16)10-17-7-3/h8-9,11,17H,5-7,10H2,1-4H3. The summed E-state index contributed by atoms with van der Waals surface area (Å²) in [7, 11) is 0. The lowest BCUT2D eigenvalue weighted by molar-refractivity contribution is 0.705. The van der Waals surface area contributed by atoms with Crippen molar-refractivity contribution < 1.29 is 0 Å². The molecule has 20 heavy (non-hydrogen) atoms. The average molecular weight is 272 g/mol. The second kappa shape index (κ2) is 6.66. The van der Waals surface area contributed by atoms with Crippen molar-refractivity contribution in [3.05, 3.63) is 41.0 Å². The van der Waals surface area contributed by atoms with Crippen molar-refractivity contribution in [2.45, 2.75) is 47.1 Å². The first kappa shape index (κ1) is 14.7. The summed E-state index contributed by atoms with van der Waals surface area (Å²) in [5.41, 5.74) is 5.76. The Kier molecular flexibility index (Phi) is 4.90. The molecule has 0 unspecified atom stereocenters. The summed E-state index contributed by atoms with van der Waals surface area (Å²) in [5, 5.41) is 8.11. The van der Waals surface area contributed by atoms with Gasteiger partial charge in [0.05, 0.1) is 11.4 Å². The summed E-state index contributed by atoms with van der Waals surface area (Å²) in [5.74, 6) is 0. The molecule has 4 nitrogen and oxygen atoms in total. The molecule has 0 aliphatic carbocycles. The first-order chi connectivity index (χ1) is 9.69. The van der Waals surface area contributed by atoms with Crippen LogP contribution >= 0.6 is 0 Å². The van der Waals surface area contributed by atoms with E-state index in [0.29, 0.717) is 0 Å². The highest BCUT2D eigenvalue weighted by Crippen LogP contribution is 2.18. The number of aryl methyl sites for hydroxylation is 3. The van der Waals surface area contributed by atoms with E-state index in [1.165, 1.54) is 11.3 Å². The molecule has 2 aromatic rings. The maximum absolute atomic E-state index is 4.74. The van der Waals surface area contributed by atoms with Gasteiger partial charge in [0.2, 0.25) is 0 Å². The van der Waals surface area contributed by atoms with Gasteiger partial charge in [0.25, 0.3) is 0 Å². The Morgan fingerprint density at radius 2 is 1.95 bits per heavy atom. The number of hydrogen-bond acceptors (Lipinski definition) is 3. The van der Waals surface area contributed by atoms with Crippen LogP contribution in [0.3, 0.4) is 0 Å². The summed E-state index contributed by atoms with van der Waals surface area (Å²) < 4.78 is 2.08. The van der Waals surface area contributed by atoms with Gasteiger partial charge in [-0.15, -0.1) is 0 Å². The van der Waals surface area contributed by atoms with E-state index in [1.807, 2.05) is 13.1 Å². The molecule has 1 N–H and O–H groups in total. The SMILES string of the molecule is CCNCc1cnc(C)cc1-n1nc(CC)cc1CC. The molecule has 0 aromatic carbocycles. The number of pyridine rings is 1. The quantitative estimate of drug-likeness (QED) is 0.879. The van der Waals surface area contributed by atoms with Crippen LogP contribution in [-0.2, 0) is 19.4 Å². The van der Waals surface area contributed by atoms with Crippen LogP contribution in [0.4, 0.5) is 0 Å². The van der Waals surface area contributed by atoms with Crippen LogP contribution in [0.1, 0.15) is 43.4 Å². The Morgan fingerprint density at radius 1 is 1.15 bits per heavy atom. The minimum atomic E-state index is 0.823. The van der Waals surface area contributed by atoms with Crippen molar-refractivity contribution in [1.82, 2.24) is 20.1 Å². The molecule has 0 aliphatic rings. The molecule has 4 heteroatoms. The minimum absolute atomic E-state index is 0.823. The molecule has 108 valence electrons. The van der Waals surface area contributed by atoms with E-state index in [1.54, 1.807) is 0 Å². The molecular weight excluding hydrogens is 248 g/mol. The van der Waals surface area contributed by atoms with Crippen LogP contribution in [-0.4, -0.2) is 21.3 Å². The van der Waals surface area contributed by atoms with E-state index in [-0.39, 0.29) is 0 Å². The third kappa shape index (κ3) is 3.07. The van der Waals surface area contributed by atoms with Gasteiger partial charge < -0.3 is 5.32 Å². The molecule has 0 fully saturated rings. The third-order valence-electron chi connectivity index (χ3n) is 3.45. The summed E-state index contributed by atoms with van der Waals surface area (Å²) in [6.07, 6.45) is 3.90. The largest absolute Gasteiger partial charge is 0.313 e. The fraction of sp³-hybridized carbons (Fsp3) is 0.500. The van der Waals surface area contributed by atoms with Crippen molar-refractivity contribution in [2.75, 3.05) is 6.54 Å². The van der Waals surface area contributed by atoms with Gasteiger partial charge in [0.1, 0.15) is 0 Å². The zero-order valence-electron chi connectivity index (χ0n) is 12.9. The van der Waals surface area contributed by atoms with Crippen molar-refractivity contribution in [3.63, 3.8) is 0 Å². The molecule has 0 saturated carbocycles. The first-order valence-electron chi connectivity index (χ1n) is 7.44. The monoisotopic (exact) mass is 272 g/mol. The number of nitrogens with zero attached hydrogens (tertiary/aromatic N) is 3. The van der Waals surface area contributed by atoms with Crippen molar-refractivity contribution in [2.24, 2.45) is 0 Å². The Labute approximate surface area is 121 Å². The number of rotatable bonds is 6. The van der Waals surface area contributed by atoms with Crippen molar-refractivity contribution in [3.8, 4) is 5.69 Å². The molecule has 0 atom stereocenters. The van der Waals surface area contributed by atoms with Gasteiger partial charge >= 0.3 is 0 Å².